The van der Waals surface area contributed by atoms with Gasteiger partial charge in [-0.3, -0.25) is 0 Å². The largest absolute Gasteiger partial charge is 0.478 e. The molecule has 0 aliphatic carbocycles. The Morgan fingerprint density at radius 3 is 2.35 bits per heavy atom. The first-order valence-electron chi connectivity index (χ1n) is 6.05. The number of carbonyl (C=O) groups is 1. The Hall–Kier alpha value is -2.01. The second-order valence-corrected chi connectivity index (χ2v) is 5.45. The molecule has 4 N–H and O–H groups in total. The highest BCUT2D eigenvalue weighted by Crippen LogP contribution is 2.29. The lowest BCUT2D eigenvalue weighted by molar-refractivity contribution is 0.0697. The van der Waals surface area contributed by atoms with Crippen molar-refractivity contribution in [2.24, 2.45) is 0 Å². The normalized spacial score (nSPS) is 10.3. The number of nitrogens with two attached hydrogens (primary N) is 1. The highest BCUT2D eigenvalue weighted by atomic mass is 79.9. The molecule has 0 aliphatic rings. The van der Waals surface area contributed by atoms with Crippen LogP contribution in [0.3, 0.4) is 0 Å². The van der Waals surface area contributed by atoms with Gasteiger partial charge in [-0.2, -0.15) is 0 Å². The molecule has 5 heteroatoms. The minimum atomic E-state index is -0.976. The van der Waals surface area contributed by atoms with E-state index in [0.29, 0.717) is 11.4 Å². The van der Waals surface area contributed by atoms with Crippen LogP contribution in [-0.2, 0) is 0 Å². The molecule has 0 amide bonds. The van der Waals surface area contributed by atoms with Crippen molar-refractivity contribution in [3.63, 3.8) is 0 Å². The van der Waals surface area contributed by atoms with Gasteiger partial charge in [-0.15, -0.1) is 0 Å². The fraction of sp³-hybridized carbons (Fsp3) is 0.133. The van der Waals surface area contributed by atoms with Crippen LogP contribution < -0.4 is 11.1 Å². The van der Waals surface area contributed by atoms with Gasteiger partial charge < -0.3 is 16.2 Å². The molecule has 0 bridgehead atoms. The van der Waals surface area contributed by atoms with E-state index in [1.54, 1.807) is 6.07 Å². The molecule has 0 saturated carbocycles. The number of aryl methyl sites for hydroxylation is 2. The van der Waals surface area contributed by atoms with Gasteiger partial charge in [0.2, 0.25) is 0 Å². The zero-order chi connectivity index (χ0) is 14.9. The van der Waals surface area contributed by atoms with E-state index in [0.717, 1.165) is 21.3 Å². The first-order chi connectivity index (χ1) is 9.38. The van der Waals surface area contributed by atoms with Crippen LogP contribution in [0.15, 0.2) is 34.8 Å². The minimum Gasteiger partial charge on any atom is -0.478 e. The van der Waals surface area contributed by atoms with Crippen LogP contribution in [0.5, 0.6) is 0 Å². The van der Waals surface area contributed by atoms with Crippen LogP contribution in [0.1, 0.15) is 21.5 Å². The van der Waals surface area contributed by atoms with E-state index in [4.69, 9.17) is 10.8 Å². The van der Waals surface area contributed by atoms with Gasteiger partial charge in [0.15, 0.2) is 0 Å². The summed E-state index contributed by atoms with van der Waals surface area (Å²) in [7, 11) is 0. The lowest BCUT2D eigenvalue weighted by atomic mass is 10.1. The van der Waals surface area contributed by atoms with Gasteiger partial charge in [0.1, 0.15) is 0 Å². The number of carboxylic acids is 1. The van der Waals surface area contributed by atoms with Crippen molar-refractivity contribution in [1.29, 1.82) is 0 Å². The van der Waals surface area contributed by atoms with Gasteiger partial charge in [0.25, 0.3) is 0 Å². The number of hydrogen-bond donors (Lipinski definition) is 3. The minimum absolute atomic E-state index is 0.201. The maximum absolute atomic E-state index is 11.0. The lowest BCUT2D eigenvalue weighted by Crippen LogP contribution is -2.02. The Bertz CT molecular complexity index is 661. The first-order valence-corrected chi connectivity index (χ1v) is 6.84. The summed E-state index contributed by atoms with van der Waals surface area (Å²) in [6.45, 7) is 4.00. The molecular formula is C15H15BrN2O2. The smallest absolute Gasteiger partial charge is 0.335 e. The van der Waals surface area contributed by atoms with Crippen molar-refractivity contribution < 1.29 is 9.90 Å². The molecule has 2 rings (SSSR count). The molecule has 0 fully saturated rings. The van der Waals surface area contributed by atoms with Crippen LogP contribution in [0, 0.1) is 13.8 Å². The van der Waals surface area contributed by atoms with E-state index in [2.05, 4.69) is 21.2 Å². The zero-order valence-electron chi connectivity index (χ0n) is 11.2. The topological polar surface area (TPSA) is 75.3 Å². The maximum atomic E-state index is 11.0. The molecule has 20 heavy (non-hydrogen) atoms. The van der Waals surface area contributed by atoms with E-state index in [1.807, 2.05) is 26.0 Å². The van der Waals surface area contributed by atoms with Gasteiger partial charge in [0, 0.05) is 10.2 Å². The quantitative estimate of drug-likeness (QED) is 0.739. The Morgan fingerprint density at radius 2 is 1.80 bits per heavy atom. The number of nitrogen functional groups attached to an aromatic ring is 1. The molecule has 104 valence electrons. The number of benzene rings is 2. The summed E-state index contributed by atoms with van der Waals surface area (Å²) < 4.78 is 1.07. The number of halogens is 1. The molecule has 0 aliphatic heterocycles. The average molecular weight is 335 g/mol. The molecule has 0 unspecified atom stereocenters. The van der Waals surface area contributed by atoms with Gasteiger partial charge in [-0.1, -0.05) is 15.9 Å². The van der Waals surface area contributed by atoms with E-state index in [-0.39, 0.29) is 5.56 Å². The summed E-state index contributed by atoms with van der Waals surface area (Å²) in [6.07, 6.45) is 0. The highest BCUT2D eigenvalue weighted by molar-refractivity contribution is 9.10. The lowest BCUT2D eigenvalue weighted by Gasteiger charge is -2.13. The van der Waals surface area contributed by atoms with Gasteiger partial charge >= 0.3 is 5.97 Å². The summed E-state index contributed by atoms with van der Waals surface area (Å²) in [4.78, 5) is 11.0. The SMILES string of the molecule is Cc1cc(Nc2cc(C(=O)O)ccc2N)cc(C)c1Br. The molecule has 0 heterocycles. The standard InChI is InChI=1S/C15H15BrN2O2/c1-8-5-11(6-9(2)14(8)16)18-13-7-10(15(19)20)3-4-12(13)17/h3-7,18H,17H2,1-2H3,(H,19,20). The fourth-order valence-electron chi connectivity index (χ4n) is 1.97. The summed E-state index contributed by atoms with van der Waals surface area (Å²) in [6, 6.07) is 8.56. The molecule has 0 aromatic heterocycles. The molecule has 0 spiro atoms. The van der Waals surface area contributed by atoms with Crippen molar-refractivity contribution in [1.82, 2.24) is 0 Å². The summed E-state index contributed by atoms with van der Waals surface area (Å²) >= 11 is 3.51. The second-order valence-electron chi connectivity index (χ2n) is 4.66. The Morgan fingerprint density at radius 1 is 1.20 bits per heavy atom. The first kappa shape index (κ1) is 14.4. The van der Waals surface area contributed by atoms with Crippen molar-refractivity contribution in [2.75, 3.05) is 11.1 Å². The van der Waals surface area contributed by atoms with Crippen molar-refractivity contribution >= 4 is 39.0 Å². The third-order valence-corrected chi connectivity index (χ3v) is 4.27. The monoisotopic (exact) mass is 334 g/mol. The number of hydrogen-bond acceptors (Lipinski definition) is 3. The molecule has 2 aromatic rings. The predicted molar refractivity (Wildman–Crippen MR) is 84.7 cm³/mol. The van der Waals surface area contributed by atoms with E-state index >= 15 is 0 Å². The predicted octanol–water partition coefficient (Wildman–Crippen LogP) is 4.09. The maximum Gasteiger partial charge on any atom is 0.335 e. The Labute approximate surface area is 125 Å². The number of carboxylic acid groups (broad SMARTS) is 1. The van der Waals surface area contributed by atoms with Crippen LogP contribution in [0.4, 0.5) is 17.1 Å². The molecule has 2 aromatic carbocycles. The molecule has 4 nitrogen and oxygen atoms in total. The second kappa shape index (κ2) is 5.54. The molecule has 0 radical (unpaired) electrons. The number of nitrogens with one attached hydrogen (secondary N) is 1. The van der Waals surface area contributed by atoms with Crippen LogP contribution in [-0.4, -0.2) is 11.1 Å². The number of anilines is 3. The van der Waals surface area contributed by atoms with Crippen molar-refractivity contribution in [2.45, 2.75) is 13.8 Å². The van der Waals surface area contributed by atoms with E-state index < -0.39 is 5.97 Å². The van der Waals surface area contributed by atoms with Gasteiger partial charge in [-0.25, -0.2) is 4.79 Å². The third-order valence-electron chi connectivity index (χ3n) is 3.02. The van der Waals surface area contributed by atoms with Crippen LogP contribution >= 0.6 is 15.9 Å². The van der Waals surface area contributed by atoms with Gasteiger partial charge in [-0.05, 0) is 55.3 Å². The summed E-state index contributed by atoms with van der Waals surface area (Å²) in [5, 5.41) is 12.2. The fourth-order valence-corrected chi connectivity index (χ4v) is 2.20. The molecular weight excluding hydrogens is 320 g/mol. The Balaban J connectivity index is 2.39. The number of rotatable bonds is 3. The van der Waals surface area contributed by atoms with Crippen LogP contribution in [0.25, 0.3) is 0 Å². The van der Waals surface area contributed by atoms with E-state index in [1.165, 1.54) is 12.1 Å². The van der Waals surface area contributed by atoms with Crippen LogP contribution in [0.2, 0.25) is 0 Å². The average Bonchev–Trinajstić information content (AvgIpc) is 2.38. The Kier molecular flexibility index (Phi) is 3.99. The number of aromatic carboxylic acids is 1. The molecule has 0 atom stereocenters. The highest BCUT2D eigenvalue weighted by Gasteiger charge is 2.08. The van der Waals surface area contributed by atoms with Crippen molar-refractivity contribution in [3.8, 4) is 0 Å². The molecule has 0 saturated heterocycles. The third kappa shape index (κ3) is 2.93. The van der Waals surface area contributed by atoms with E-state index in [9.17, 15) is 4.79 Å². The summed E-state index contributed by atoms with van der Waals surface area (Å²) in [5.74, 6) is -0.976. The summed E-state index contributed by atoms with van der Waals surface area (Å²) in [5.41, 5.74) is 10.2. The van der Waals surface area contributed by atoms with Gasteiger partial charge in [0.05, 0.1) is 16.9 Å². The van der Waals surface area contributed by atoms with Crippen molar-refractivity contribution in [3.05, 3.63) is 51.5 Å². The zero-order valence-corrected chi connectivity index (χ0v) is 12.8.